The summed E-state index contributed by atoms with van der Waals surface area (Å²) < 4.78 is 26.6. The van der Waals surface area contributed by atoms with E-state index in [-0.39, 0.29) is 11.9 Å². The van der Waals surface area contributed by atoms with Crippen LogP contribution in [0.4, 0.5) is 0 Å². The SMILES string of the molecule is CCN(CC)S(=O)(=O)c1ccc([C@H](C)NC(=O)C[C@H]2C[C@H]3CC[C@H]2C3)cc1. The van der Waals surface area contributed by atoms with Gasteiger partial charge in [-0.15, -0.1) is 0 Å². The molecule has 2 saturated carbocycles. The second kappa shape index (κ2) is 8.31. The first kappa shape index (κ1) is 20.3. The monoisotopic (exact) mass is 392 g/mol. The summed E-state index contributed by atoms with van der Waals surface area (Å²) in [6.45, 7) is 6.53. The average molecular weight is 393 g/mol. The van der Waals surface area contributed by atoms with Crippen molar-refractivity contribution in [1.82, 2.24) is 9.62 Å². The van der Waals surface area contributed by atoms with E-state index >= 15 is 0 Å². The van der Waals surface area contributed by atoms with Crippen LogP contribution in [-0.4, -0.2) is 31.7 Å². The lowest BCUT2D eigenvalue weighted by molar-refractivity contribution is -0.123. The van der Waals surface area contributed by atoms with Crippen molar-refractivity contribution in [2.24, 2.45) is 17.8 Å². The molecule has 0 radical (unpaired) electrons. The molecule has 4 atom stereocenters. The van der Waals surface area contributed by atoms with Crippen LogP contribution in [0.3, 0.4) is 0 Å². The minimum atomic E-state index is -3.44. The minimum Gasteiger partial charge on any atom is -0.350 e. The largest absolute Gasteiger partial charge is 0.350 e. The number of sulfonamides is 1. The van der Waals surface area contributed by atoms with Gasteiger partial charge in [0.25, 0.3) is 0 Å². The summed E-state index contributed by atoms with van der Waals surface area (Å²) in [6.07, 6.45) is 5.79. The molecule has 2 bridgehead atoms. The maximum absolute atomic E-state index is 12.6. The highest BCUT2D eigenvalue weighted by Gasteiger charge is 2.40. The van der Waals surface area contributed by atoms with Gasteiger partial charge in [0.2, 0.25) is 15.9 Å². The number of hydrogen-bond donors (Lipinski definition) is 1. The van der Waals surface area contributed by atoms with E-state index in [1.165, 1.54) is 30.0 Å². The Bertz CT molecular complexity index is 756. The van der Waals surface area contributed by atoms with Gasteiger partial charge in [-0.25, -0.2) is 8.42 Å². The summed E-state index contributed by atoms with van der Waals surface area (Å²) >= 11 is 0. The number of benzene rings is 1. The van der Waals surface area contributed by atoms with E-state index in [0.717, 1.165) is 17.4 Å². The van der Waals surface area contributed by atoms with Gasteiger partial charge in [-0.05, 0) is 61.6 Å². The predicted octanol–water partition coefficient (Wildman–Crippen LogP) is 3.72. The van der Waals surface area contributed by atoms with Gasteiger partial charge in [0.05, 0.1) is 10.9 Å². The zero-order valence-corrected chi connectivity index (χ0v) is 17.5. The Morgan fingerprint density at radius 3 is 2.33 bits per heavy atom. The molecule has 1 aromatic rings. The van der Waals surface area contributed by atoms with Crippen LogP contribution in [0, 0.1) is 17.8 Å². The van der Waals surface area contributed by atoms with Gasteiger partial charge in [-0.2, -0.15) is 4.31 Å². The van der Waals surface area contributed by atoms with Gasteiger partial charge in [-0.3, -0.25) is 4.79 Å². The number of nitrogens with zero attached hydrogens (tertiary/aromatic N) is 1. The Labute approximate surface area is 163 Å². The summed E-state index contributed by atoms with van der Waals surface area (Å²) in [7, 11) is -3.44. The van der Waals surface area contributed by atoms with E-state index in [1.807, 2.05) is 20.8 Å². The van der Waals surface area contributed by atoms with Crippen molar-refractivity contribution >= 4 is 15.9 Å². The first-order valence-corrected chi connectivity index (χ1v) is 11.7. The van der Waals surface area contributed by atoms with E-state index in [9.17, 15) is 13.2 Å². The molecule has 2 aliphatic carbocycles. The molecule has 2 fully saturated rings. The van der Waals surface area contributed by atoms with Gasteiger partial charge in [0, 0.05) is 19.5 Å². The zero-order chi connectivity index (χ0) is 19.6. The van der Waals surface area contributed by atoms with Crippen molar-refractivity contribution in [2.45, 2.75) is 63.8 Å². The lowest BCUT2D eigenvalue weighted by atomic mass is 9.86. The van der Waals surface area contributed by atoms with Gasteiger partial charge in [0.1, 0.15) is 0 Å². The molecule has 1 N–H and O–H groups in total. The lowest BCUT2D eigenvalue weighted by Crippen LogP contribution is -2.31. The summed E-state index contributed by atoms with van der Waals surface area (Å²) in [5.41, 5.74) is 0.926. The zero-order valence-electron chi connectivity index (χ0n) is 16.6. The molecule has 0 spiro atoms. The summed E-state index contributed by atoms with van der Waals surface area (Å²) in [6, 6.07) is 6.77. The fourth-order valence-electron chi connectivity index (χ4n) is 4.89. The van der Waals surface area contributed by atoms with Crippen LogP contribution < -0.4 is 5.32 Å². The number of fused-ring (bicyclic) bond motifs is 2. The molecule has 5 nitrogen and oxygen atoms in total. The lowest BCUT2D eigenvalue weighted by Gasteiger charge is -2.22. The van der Waals surface area contributed by atoms with Crippen molar-refractivity contribution in [2.75, 3.05) is 13.1 Å². The molecule has 0 aromatic heterocycles. The highest BCUT2D eigenvalue weighted by Crippen LogP contribution is 2.49. The molecule has 0 heterocycles. The number of amides is 1. The summed E-state index contributed by atoms with van der Waals surface area (Å²) in [5.74, 6) is 2.27. The highest BCUT2D eigenvalue weighted by atomic mass is 32.2. The second-order valence-corrected chi connectivity index (χ2v) is 10.0. The molecule has 6 heteroatoms. The van der Waals surface area contributed by atoms with Crippen molar-refractivity contribution in [3.63, 3.8) is 0 Å². The number of carbonyl (C=O) groups excluding carboxylic acids is 1. The molecule has 0 aliphatic heterocycles. The van der Waals surface area contributed by atoms with Gasteiger partial charge < -0.3 is 5.32 Å². The van der Waals surface area contributed by atoms with E-state index in [2.05, 4.69) is 5.32 Å². The fourth-order valence-corrected chi connectivity index (χ4v) is 6.35. The first-order chi connectivity index (χ1) is 12.8. The number of nitrogens with one attached hydrogen (secondary N) is 1. The number of hydrogen-bond acceptors (Lipinski definition) is 3. The van der Waals surface area contributed by atoms with Crippen molar-refractivity contribution in [1.29, 1.82) is 0 Å². The second-order valence-electron chi connectivity index (χ2n) is 8.09. The molecule has 0 unspecified atom stereocenters. The molecule has 0 saturated heterocycles. The number of carbonyl (C=O) groups is 1. The van der Waals surface area contributed by atoms with Crippen molar-refractivity contribution < 1.29 is 13.2 Å². The third kappa shape index (κ3) is 4.37. The number of rotatable bonds is 8. The normalized spacial score (nSPS) is 25.7. The van der Waals surface area contributed by atoms with Gasteiger partial charge in [-0.1, -0.05) is 32.4 Å². The Morgan fingerprint density at radius 1 is 1.15 bits per heavy atom. The molecular weight excluding hydrogens is 360 g/mol. The van der Waals surface area contributed by atoms with E-state index in [4.69, 9.17) is 0 Å². The Morgan fingerprint density at radius 2 is 1.81 bits per heavy atom. The maximum atomic E-state index is 12.6. The molecule has 150 valence electrons. The molecule has 3 rings (SSSR count). The van der Waals surface area contributed by atoms with Crippen molar-refractivity contribution in [3.8, 4) is 0 Å². The van der Waals surface area contributed by atoms with Crippen LogP contribution in [0.5, 0.6) is 0 Å². The summed E-state index contributed by atoms with van der Waals surface area (Å²) in [4.78, 5) is 12.7. The summed E-state index contributed by atoms with van der Waals surface area (Å²) in [5, 5.41) is 3.09. The van der Waals surface area contributed by atoms with Gasteiger partial charge >= 0.3 is 0 Å². The third-order valence-electron chi connectivity index (χ3n) is 6.43. The Kier molecular flexibility index (Phi) is 6.26. The van der Waals surface area contributed by atoms with Crippen LogP contribution in [0.1, 0.15) is 64.5 Å². The highest BCUT2D eigenvalue weighted by molar-refractivity contribution is 7.89. The van der Waals surface area contributed by atoms with E-state index in [0.29, 0.717) is 30.3 Å². The smallest absolute Gasteiger partial charge is 0.243 e. The van der Waals surface area contributed by atoms with E-state index < -0.39 is 10.0 Å². The molecule has 1 amide bonds. The maximum Gasteiger partial charge on any atom is 0.243 e. The predicted molar refractivity (Wildman–Crippen MR) is 107 cm³/mol. The standard InChI is InChI=1S/C21H32N2O3S/c1-4-23(5-2)27(25,26)20-10-8-17(9-11-20)15(3)22-21(24)14-19-13-16-6-7-18(19)12-16/h8-11,15-16,18-19H,4-7,12-14H2,1-3H3,(H,22,24)/t15-,16-,18-,19+/m0/s1. The molecule has 1 aromatic carbocycles. The topological polar surface area (TPSA) is 66.5 Å². The quantitative estimate of drug-likeness (QED) is 0.733. The Balaban J connectivity index is 1.58. The van der Waals surface area contributed by atoms with Crippen LogP contribution in [0.2, 0.25) is 0 Å². The van der Waals surface area contributed by atoms with Crippen molar-refractivity contribution in [3.05, 3.63) is 29.8 Å². The molecule has 27 heavy (non-hydrogen) atoms. The fraction of sp³-hybridized carbons (Fsp3) is 0.667. The van der Waals surface area contributed by atoms with Crippen LogP contribution in [-0.2, 0) is 14.8 Å². The van der Waals surface area contributed by atoms with E-state index in [1.54, 1.807) is 24.3 Å². The molecular formula is C21H32N2O3S. The van der Waals surface area contributed by atoms with Crippen LogP contribution >= 0.6 is 0 Å². The molecule has 2 aliphatic rings. The third-order valence-corrected chi connectivity index (χ3v) is 8.50. The average Bonchev–Trinajstić information content (AvgIpc) is 3.25. The minimum absolute atomic E-state index is 0.111. The Hall–Kier alpha value is -1.40. The van der Waals surface area contributed by atoms with Gasteiger partial charge in [0.15, 0.2) is 0 Å². The first-order valence-electron chi connectivity index (χ1n) is 10.2. The van der Waals surface area contributed by atoms with Crippen LogP contribution in [0.25, 0.3) is 0 Å². The van der Waals surface area contributed by atoms with Crippen LogP contribution in [0.15, 0.2) is 29.2 Å².